The predicted octanol–water partition coefficient (Wildman–Crippen LogP) is 2.34. The number of nitrogens with zero attached hydrogens (tertiary/aromatic N) is 1. The molecule has 2 amide bonds. The normalized spacial score (nSPS) is 16.3. The molecule has 1 fully saturated rings. The summed E-state index contributed by atoms with van der Waals surface area (Å²) in [5.74, 6) is -0.0261. The first-order valence-electron chi connectivity index (χ1n) is 7.90. The molecule has 2 rings (SSSR count). The van der Waals surface area contributed by atoms with E-state index in [0.29, 0.717) is 49.2 Å². The second-order valence-corrected chi connectivity index (χ2v) is 6.54. The number of benzene rings is 1. The number of carbonyl (C=O) groups excluding carboxylic acids is 2. The van der Waals surface area contributed by atoms with Crippen LogP contribution in [0.1, 0.15) is 30.6 Å². The minimum atomic E-state index is -0.528. The van der Waals surface area contributed by atoms with Crippen molar-refractivity contribution in [3.05, 3.63) is 34.9 Å². The van der Waals surface area contributed by atoms with Crippen LogP contribution in [0.3, 0.4) is 0 Å². The highest BCUT2D eigenvalue weighted by Gasteiger charge is 2.28. The Morgan fingerprint density at radius 3 is 2.61 bits per heavy atom. The number of amides is 2. The first kappa shape index (κ1) is 17.8. The van der Waals surface area contributed by atoms with Crippen LogP contribution >= 0.6 is 11.6 Å². The van der Waals surface area contributed by atoms with Crippen LogP contribution in [0.25, 0.3) is 0 Å². The van der Waals surface area contributed by atoms with Gasteiger partial charge in [-0.2, -0.15) is 0 Å². The first-order valence-corrected chi connectivity index (χ1v) is 8.28. The molecule has 0 saturated carbocycles. The van der Waals surface area contributed by atoms with Gasteiger partial charge in [-0.25, -0.2) is 0 Å². The van der Waals surface area contributed by atoms with E-state index in [4.69, 9.17) is 16.3 Å². The Morgan fingerprint density at radius 2 is 2.00 bits per heavy atom. The molecule has 0 bridgehead atoms. The van der Waals surface area contributed by atoms with E-state index in [1.807, 2.05) is 13.8 Å². The second kappa shape index (κ2) is 8.31. The van der Waals surface area contributed by atoms with E-state index in [-0.39, 0.29) is 11.8 Å². The van der Waals surface area contributed by atoms with E-state index in [0.717, 1.165) is 0 Å². The zero-order valence-electron chi connectivity index (χ0n) is 13.5. The standard InChI is InChI=1S/C17H23ClN2O3/c1-12(2)10-15(17(22)20-6-8-23-9-7-20)19-16(21)13-4-3-5-14(18)11-13/h3-5,11-12,15H,6-10H2,1-2H3,(H,19,21)/t15-/m1/s1. The zero-order chi connectivity index (χ0) is 16.8. The van der Waals surface area contributed by atoms with Gasteiger partial charge in [0.2, 0.25) is 5.91 Å². The molecular weight excluding hydrogens is 316 g/mol. The van der Waals surface area contributed by atoms with E-state index < -0.39 is 6.04 Å². The Kier molecular flexibility index (Phi) is 6.42. The average molecular weight is 339 g/mol. The lowest BCUT2D eigenvalue weighted by Gasteiger charge is -2.31. The van der Waals surface area contributed by atoms with Crippen molar-refractivity contribution in [3.8, 4) is 0 Å². The summed E-state index contributed by atoms with van der Waals surface area (Å²) >= 11 is 5.93. The van der Waals surface area contributed by atoms with Gasteiger partial charge >= 0.3 is 0 Å². The van der Waals surface area contributed by atoms with E-state index in [1.165, 1.54) is 0 Å². The molecule has 1 saturated heterocycles. The van der Waals surface area contributed by atoms with Crippen LogP contribution in [0.4, 0.5) is 0 Å². The Labute approximate surface area is 141 Å². The van der Waals surface area contributed by atoms with Crippen LogP contribution in [0.2, 0.25) is 5.02 Å². The fourth-order valence-corrected chi connectivity index (χ4v) is 2.76. The van der Waals surface area contributed by atoms with Gasteiger partial charge in [0.15, 0.2) is 0 Å². The van der Waals surface area contributed by atoms with Crippen molar-refractivity contribution in [1.82, 2.24) is 10.2 Å². The summed E-state index contributed by atoms with van der Waals surface area (Å²) in [6.45, 7) is 6.29. The molecule has 6 heteroatoms. The summed E-state index contributed by atoms with van der Waals surface area (Å²) in [5, 5.41) is 3.36. The van der Waals surface area contributed by atoms with Crippen LogP contribution in [-0.4, -0.2) is 49.1 Å². The van der Waals surface area contributed by atoms with E-state index >= 15 is 0 Å². The smallest absolute Gasteiger partial charge is 0.251 e. The number of halogens is 1. The first-order chi connectivity index (χ1) is 11.0. The summed E-state index contributed by atoms with van der Waals surface area (Å²) in [5.41, 5.74) is 0.459. The van der Waals surface area contributed by atoms with E-state index in [1.54, 1.807) is 29.2 Å². The monoisotopic (exact) mass is 338 g/mol. The molecule has 1 aliphatic heterocycles. The maximum Gasteiger partial charge on any atom is 0.251 e. The minimum absolute atomic E-state index is 0.0441. The third kappa shape index (κ3) is 5.22. The largest absolute Gasteiger partial charge is 0.378 e. The van der Waals surface area contributed by atoms with Gasteiger partial charge < -0.3 is 15.0 Å². The molecule has 1 aromatic rings. The van der Waals surface area contributed by atoms with Crippen LogP contribution in [0.5, 0.6) is 0 Å². The van der Waals surface area contributed by atoms with E-state index in [9.17, 15) is 9.59 Å². The molecule has 1 N–H and O–H groups in total. The highest BCUT2D eigenvalue weighted by molar-refractivity contribution is 6.31. The van der Waals surface area contributed by atoms with Crippen LogP contribution in [0, 0.1) is 5.92 Å². The lowest BCUT2D eigenvalue weighted by Crippen LogP contribution is -2.52. The average Bonchev–Trinajstić information content (AvgIpc) is 2.54. The zero-order valence-corrected chi connectivity index (χ0v) is 14.3. The van der Waals surface area contributed by atoms with Crippen LogP contribution in [0.15, 0.2) is 24.3 Å². The van der Waals surface area contributed by atoms with Gasteiger partial charge in [-0.05, 0) is 30.5 Å². The van der Waals surface area contributed by atoms with Gasteiger partial charge in [0.25, 0.3) is 5.91 Å². The molecule has 0 aromatic heterocycles. The van der Waals surface area contributed by atoms with Gasteiger partial charge in [-0.1, -0.05) is 31.5 Å². The maximum atomic E-state index is 12.7. The number of hydrogen-bond donors (Lipinski definition) is 1. The SMILES string of the molecule is CC(C)C[C@@H](NC(=O)c1cccc(Cl)c1)C(=O)N1CCOCC1. The molecule has 23 heavy (non-hydrogen) atoms. The second-order valence-electron chi connectivity index (χ2n) is 6.10. The number of nitrogens with one attached hydrogen (secondary N) is 1. The Morgan fingerprint density at radius 1 is 1.30 bits per heavy atom. The molecular formula is C17H23ClN2O3. The number of carbonyl (C=O) groups is 2. The number of morpholine rings is 1. The lowest BCUT2D eigenvalue weighted by molar-refractivity contribution is -0.137. The van der Waals surface area contributed by atoms with Crippen molar-refractivity contribution >= 4 is 23.4 Å². The summed E-state index contributed by atoms with van der Waals surface area (Å²) in [4.78, 5) is 26.9. The summed E-state index contributed by atoms with van der Waals surface area (Å²) in [7, 11) is 0. The topological polar surface area (TPSA) is 58.6 Å². The highest BCUT2D eigenvalue weighted by Crippen LogP contribution is 2.13. The third-order valence-corrected chi connectivity index (χ3v) is 3.96. The van der Waals surface area contributed by atoms with Crippen molar-refractivity contribution in [2.75, 3.05) is 26.3 Å². The van der Waals surface area contributed by atoms with Crippen molar-refractivity contribution in [2.24, 2.45) is 5.92 Å². The van der Waals surface area contributed by atoms with Crippen molar-refractivity contribution in [3.63, 3.8) is 0 Å². The summed E-state index contributed by atoms with van der Waals surface area (Å²) in [6.07, 6.45) is 0.600. The van der Waals surface area contributed by atoms with Crippen LogP contribution < -0.4 is 5.32 Å². The molecule has 0 aliphatic carbocycles. The molecule has 0 spiro atoms. The summed E-state index contributed by atoms with van der Waals surface area (Å²) in [6, 6.07) is 6.19. The van der Waals surface area contributed by atoms with Crippen molar-refractivity contribution < 1.29 is 14.3 Å². The molecule has 1 aromatic carbocycles. The van der Waals surface area contributed by atoms with Gasteiger partial charge in [-0.15, -0.1) is 0 Å². The molecule has 0 unspecified atom stereocenters. The molecule has 5 nitrogen and oxygen atoms in total. The summed E-state index contributed by atoms with van der Waals surface area (Å²) < 4.78 is 5.28. The van der Waals surface area contributed by atoms with Crippen molar-refractivity contribution in [2.45, 2.75) is 26.3 Å². The van der Waals surface area contributed by atoms with Gasteiger partial charge in [0.1, 0.15) is 6.04 Å². The molecule has 0 radical (unpaired) electrons. The predicted molar refractivity (Wildman–Crippen MR) is 89.6 cm³/mol. The molecule has 1 heterocycles. The van der Waals surface area contributed by atoms with Gasteiger partial charge in [0.05, 0.1) is 13.2 Å². The lowest BCUT2D eigenvalue weighted by atomic mass is 10.0. The quantitative estimate of drug-likeness (QED) is 0.896. The Bertz CT molecular complexity index is 557. The van der Waals surface area contributed by atoms with Crippen molar-refractivity contribution in [1.29, 1.82) is 0 Å². The third-order valence-electron chi connectivity index (χ3n) is 3.72. The maximum absolute atomic E-state index is 12.7. The fraction of sp³-hybridized carbons (Fsp3) is 0.529. The Hall–Kier alpha value is -1.59. The Balaban J connectivity index is 2.08. The highest BCUT2D eigenvalue weighted by atomic mass is 35.5. The molecule has 126 valence electrons. The fourth-order valence-electron chi connectivity index (χ4n) is 2.57. The number of rotatable bonds is 5. The molecule has 1 aliphatic rings. The number of hydrogen-bond acceptors (Lipinski definition) is 3. The van der Waals surface area contributed by atoms with Gasteiger partial charge in [-0.3, -0.25) is 9.59 Å². The minimum Gasteiger partial charge on any atom is -0.378 e. The molecule has 1 atom stereocenters. The van der Waals surface area contributed by atoms with E-state index in [2.05, 4.69) is 5.32 Å². The van der Waals surface area contributed by atoms with Crippen LogP contribution in [-0.2, 0) is 9.53 Å². The number of ether oxygens (including phenoxy) is 1. The van der Waals surface area contributed by atoms with Gasteiger partial charge in [0, 0.05) is 23.7 Å².